The minimum absolute atomic E-state index is 0.0475. The van der Waals surface area contributed by atoms with Crippen LogP contribution in [0.4, 0.5) is 30.2 Å². The molecule has 0 radical (unpaired) electrons. The molecule has 1 saturated carbocycles. The number of nitrogens with one attached hydrogen (secondary N) is 3. The monoisotopic (exact) mass is 463 g/mol. The number of benzene rings is 2. The molecular formula is C22H20F3N3O3S. The molecule has 3 amide bonds. The molecule has 1 atom stereocenters. The fourth-order valence-corrected chi connectivity index (χ4v) is 4.35. The SMILES string of the molecule is Cc1ccc(NC(=O)C2CC2)cc1NC(=O)CC1Sc2ccc(C(F)(F)F)cc2NC1=O. The van der Waals surface area contributed by atoms with Crippen molar-refractivity contribution in [3.63, 3.8) is 0 Å². The Balaban J connectivity index is 1.41. The van der Waals surface area contributed by atoms with Gasteiger partial charge in [0.05, 0.1) is 16.5 Å². The predicted molar refractivity (Wildman–Crippen MR) is 115 cm³/mol. The number of aryl methyl sites for hydroxylation is 1. The maximum absolute atomic E-state index is 12.9. The van der Waals surface area contributed by atoms with Crippen LogP contribution in [0.2, 0.25) is 0 Å². The van der Waals surface area contributed by atoms with Crippen molar-refractivity contribution in [1.29, 1.82) is 0 Å². The fraction of sp³-hybridized carbons (Fsp3) is 0.318. The number of carbonyl (C=O) groups excluding carboxylic acids is 3. The lowest BCUT2D eigenvalue weighted by molar-refractivity contribution is -0.137. The highest BCUT2D eigenvalue weighted by molar-refractivity contribution is 8.01. The van der Waals surface area contributed by atoms with Crippen molar-refractivity contribution in [2.45, 2.75) is 42.5 Å². The first-order valence-corrected chi connectivity index (χ1v) is 10.9. The molecule has 2 aromatic carbocycles. The maximum Gasteiger partial charge on any atom is 0.416 e. The van der Waals surface area contributed by atoms with Gasteiger partial charge in [-0.25, -0.2) is 0 Å². The molecule has 1 aliphatic heterocycles. The van der Waals surface area contributed by atoms with E-state index in [1.165, 1.54) is 6.07 Å². The molecule has 1 aliphatic carbocycles. The van der Waals surface area contributed by atoms with Crippen LogP contribution >= 0.6 is 11.8 Å². The Labute approximate surface area is 186 Å². The first kappa shape index (κ1) is 22.2. The summed E-state index contributed by atoms with van der Waals surface area (Å²) in [5.41, 5.74) is 1.11. The number of thioether (sulfide) groups is 1. The Morgan fingerprint density at radius 3 is 2.56 bits per heavy atom. The van der Waals surface area contributed by atoms with E-state index in [-0.39, 0.29) is 23.9 Å². The smallest absolute Gasteiger partial charge is 0.326 e. The second-order valence-electron chi connectivity index (χ2n) is 7.85. The number of rotatable bonds is 5. The Hall–Kier alpha value is -3.01. The normalized spacial score (nSPS) is 17.9. The lowest BCUT2D eigenvalue weighted by Crippen LogP contribution is -2.32. The average Bonchev–Trinajstić information content (AvgIpc) is 3.55. The number of anilines is 3. The van der Waals surface area contributed by atoms with E-state index in [1.807, 2.05) is 0 Å². The lowest BCUT2D eigenvalue weighted by atomic mass is 10.1. The van der Waals surface area contributed by atoms with E-state index in [4.69, 9.17) is 0 Å². The van der Waals surface area contributed by atoms with Gasteiger partial charge in [0, 0.05) is 28.6 Å². The van der Waals surface area contributed by atoms with Crippen LogP contribution in [0.15, 0.2) is 41.3 Å². The first-order chi connectivity index (χ1) is 15.1. The molecule has 0 aromatic heterocycles. The standard InChI is InChI=1S/C22H20F3N3O3S/c1-11-2-6-14(26-20(30)12-3-4-12)9-15(11)27-19(29)10-18-21(31)28-16-8-13(22(23,24)25)5-7-17(16)32-18/h2,5-9,12,18H,3-4,10H2,1H3,(H,26,30)(H,27,29)(H,28,31). The van der Waals surface area contributed by atoms with E-state index in [9.17, 15) is 27.6 Å². The zero-order valence-electron chi connectivity index (χ0n) is 17.0. The molecule has 3 N–H and O–H groups in total. The summed E-state index contributed by atoms with van der Waals surface area (Å²) in [6.07, 6.45) is -2.91. The van der Waals surface area contributed by atoms with Crippen molar-refractivity contribution < 1.29 is 27.6 Å². The van der Waals surface area contributed by atoms with Gasteiger partial charge in [-0.1, -0.05) is 6.07 Å². The third-order valence-electron chi connectivity index (χ3n) is 5.22. The van der Waals surface area contributed by atoms with Gasteiger partial charge in [0.1, 0.15) is 0 Å². The van der Waals surface area contributed by atoms with Gasteiger partial charge in [0.25, 0.3) is 0 Å². The van der Waals surface area contributed by atoms with Crippen molar-refractivity contribution in [3.8, 4) is 0 Å². The highest BCUT2D eigenvalue weighted by Gasteiger charge is 2.34. The van der Waals surface area contributed by atoms with E-state index < -0.39 is 28.8 Å². The average molecular weight is 463 g/mol. The van der Waals surface area contributed by atoms with Crippen LogP contribution in [0.5, 0.6) is 0 Å². The molecule has 2 aliphatic rings. The van der Waals surface area contributed by atoms with Crippen LogP contribution in [0, 0.1) is 12.8 Å². The largest absolute Gasteiger partial charge is 0.416 e. The van der Waals surface area contributed by atoms with Gasteiger partial charge in [-0.15, -0.1) is 11.8 Å². The molecule has 32 heavy (non-hydrogen) atoms. The van der Waals surface area contributed by atoms with Crippen LogP contribution < -0.4 is 16.0 Å². The van der Waals surface area contributed by atoms with Crippen LogP contribution in [-0.4, -0.2) is 23.0 Å². The van der Waals surface area contributed by atoms with Crippen molar-refractivity contribution in [3.05, 3.63) is 47.5 Å². The van der Waals surface area contributed by atoms with Crippen LogP contribution in [-0.2, 0) is 20.6 Å². The van der Waals surface area contributed by atoms with Gasteiger partial charge in [-0.2, -0.15) is 13.2 Å². The summed E-state index contributed by atoms with van der Waals surface area (Å²) in [7, 11) is 0. The number of amides is 3. The number of alkyl halides is 3. The minimum Gasteiger partial charge on any atom is -0.326 e. The topological polar surface area (TPSA) is 87.3 Å². The first-order valence-electron chi connectivity index (χ1n) is 10.0. The number of hydrogen-bond donors (Lipinski definition) is 3. The second-order valence-corrected chi connectivity index (χ2v) is 9.09. The van der Waals surface area contributed by atoms with E-state index in [0.717, 1.165) is 42.3 Å². The van der Waals surface area contributed by atoms with Gasteiger partial charge >= 0.3 is 6.18 Å². The van der Waals surface area contributed by atoms with Gasteiger partial charge in [-0.3, -0.25) is 14.4 Å². The zero-order chi connectivity index (χ0) is 23.0. The van der Waals surface area contributed by atoms with Crippen LogP contribution in [0.3, 0.4) is 0 Å². The molecule has 0 spiro atoms. The van der Waals surface area contributed by atoms with E-state index in [1.54, 1.807) is 25.1 Å². The molecule has 1 fully saturated rings. The van der Waals surface area contributed by atoms with E-state index in [0.29, 0.717) is 16.3 Å². The number of halogens is 3. The molecule has 1 unspecified atom stereocenters. The van der Waals surface area contributed by atoms with Gasteiger partial charge in [0.15, 0.2) is 0 Å². The molecule has 168 valence electrons. The summed E-state index contributed by atoms with van der Waals surface area (Å²) >= 11 is 1.05. The van der Waals surface area contributed by atoms with Crippen molar-refractivity contribution in [2.24, 2.45) is 5.92 Å². The summed E-state index contributed by atoms with van der Waals surface area (Å²) in [4.78, 5) is 37.4. The maximum atomic E-state index is 12.9. The summed E-state index contributed by atoms with van der Waals surface area (Å²) in [5.74, 6) is -0.944. The molecule has 4 rings (SSSR count). The Bertz CT molecular complexity index is 1100. The van der Waals surface area contributed by atoms with E-state index in [2.05, 4.69) is 16.0 Å². The second kappa shape index (κ2) is 8.50. The quantitative estimate of drug-likeness (QED) is 0.594. The van der Waals surface area contributed by atoms with Gasteiger partial charge < -0.3 is 16.0 Å². The van der Waals surface area contributed by atoms with Crippen LogP contribution in [0.25, 0.3) is 0 Å². The Kier molecular flexibility index (Phi) is 5.89. The fourth-order valence-electron chi connectivity index (χ4n) is 3.26. The number of carbonyl (C=O) groups is 3. The Morgan fingerprint density at radius 1 is 1.12 bits per heavy atom. The highest BCUT2D eigenvalue weighted by atomic mass is 32.2. The van der Waals surface area contributed by atoms with E-state index >= 15 is 0 Å². The lowest BCUT2D eigenvalue weighted by Gasteiger charge is -2.24. The molecule has 1 heterocycles. The molecule has 0 saturated heterocycles. The summed E-state index contributed by atoms with van der Waals surface area (Å²) < 4.78 is 38.7. The third-order valence-corrected chi connectivity index (χ3v) is 6.50. The Morgan fingerprint density at radius 2 is 1.88 bits per heavy atom. The molecule has 2 aromatic rings. The molecule has 0 bridgehead atoms. The summed E-state index contributed by atoms with van der Waals surface area (Å²) in [5, 5.41) is 7.26. The minimum atomic E-state index is -4.51. The van der Waals surface area contributed by atoms with Crippen LogP contribution in [0.1, 0.15) is 30.4 Å². The molecule has 6 nitrogen and oxygen atoms in total. The predicted octanol–water partition coefficient (Wildman–Crippen LogP) is 4.80. The zero-order valence-corrected chi connectivity index (χ0v) is 17.8. The number of hydrogen-bond acceptors (Lipinski definition) is 4. The van der Waals surface area contributed by atoms with Crippen molar-refractivity contribution >= 4 is 46.5 Å². The van der Waals surface area contributed by atoms with Gasteiger partial charge in [0.2, 0.25) is 17.7 Å². The van der Waals surface area contributed by atoms with Crippen molar-refractivity contribution in [1.82, 2.24) is 0 Å². The van der Waals surface area contributed by atoms with Gasteiger partial charge in [-0.05, 0) is 55.7 Å². The molecular weight excluding hydrogens is 443 g/mol. The number of fused-ring (bicyclic) bond motifs is 1. The van der Waals surface area contributed by atoms with Crippen molar-refractivity contribution in [2.75, 3.05) is 16.0 Å². The third kappa shape index (κ3) is 5.07. The summed E-state index contributed by atoms with van der Waals surface area (Å²) in [6.45, 7) is 1.80. The highest BCUT2D eigenvalue weighted by Crippen LogP contribution is 2.40. The molecule has 10 heteroatoms. The summed E-state index contributed by atoms with van der Waals surface area (Å²) in [6, 6.07) is 8.32.